The van der Waals surface area contributed by atoms with E-state index in [2.05, 4.69) is 4.99 Å². The van der Waals surface area contributed by atoms with Crippen molar-refractivity contribution >= 4 is 35.9 Å². The quantitative estimate of drug-likeness (QED) is 0.634. The van der Waals surface area contributed by atoms with E-state index in [9.17, 15) is 9.59 Å². The number of amides is 1. The molecule has 0 radical (unpaired) electrons. The fraction of sp³-hybridized carbons (Fsp3) is 0.294. The third-order valence-electron chi connectivity index (χ3n) is 3.49. The van der Waals surface area contributed by atoms with E-state index in [1.165, 1.54) is 19.3 Å². The molecule has 0 aromatic heterocycles. The Hall–Kier alpha value is -2.47. The van der Waals surface area contributed by atoms with E-state index < -0.39 is 12.1 Å². The molecule has 0 bridgehead atoms. The summed E-state index contributed by atoms with van der Waals surface area (Å²) < 4.78 is 5.15. The van der Waals surface area contributed by atoms with Crippen LogP contribution in [0.1, 0.15) is 24.5 Å². The number of benzene rings is 1. The molecule has 1 heterocycles. The van der Waals surface area contributed by atoms with Gasteiger partial charge in [-0.1, -0.05) is 35.9 Å². The molecule has 1 aromatic rings. The van der Waals surface area contributed by atoms with Crippen LogP contribution in [0.2, 0.25) is 0 Å². The van der Waals surface area contributed by atoms with E-state index in [1.54, 1.807) is 4.90 Å². The molecule has 24 heavy (non-hydrogen) atoms. The lowest BCUT2D eigenvalue weighted by molar-refractivity contribution is -0.158. The molecule has 0 unspecified atom stereocenters. The normalized spacial score (nSPS) is 15.2. The Bertz CT molecular complexity index is 675. The summed E-state index contributed by atoms with van der Waals surface area (Å²) in [6.07, 6.45) is 2.65. The van der Waals surface area contributed by atoms with Crippen LogP contribution in [0.3, 0.4) is 0 Å². The molecule has 1 atom stereocenters. The van der Waals surface area contributed by atoms with Crippen LogP contribution >= 0.6 is 11.6 Å². The Morgan fingerprint density at radius 2 is 2.00 bits per heavy atom. The van der Waals surface area contributed by atoms with E-state index in [0.717, 1.165) is 17.3 Å². The van der Waals surface area contributed by atoms with E-state index >= 15 is 0 Å². The van der Waals surface area contributed by atoms with Gasteiger partial charge in [-0.15, -0.1) is 0 Å². The highest BCUT2D eigenvalue weighted by Gasteiger charge is 2.31. The Balaban J connectivity index is 2.09. The Morgan fingerprint density at radius 1 is 1.38 bits per heavy atom. The summed E-state index contributed by atoms with van der Waals surface area (Å²) in [7, 11) is 0. The van der Waals surface area contributed by atoms with Crippen molar-refractivity contribution in [2.75, 3.05) is 0 Å². The minimum absolute atomic E-state index is 0.0438. The number of esters is 1. The second-order valence-corrected chi connectivity index (χ2v) is 5.79. The third kappa shape index (κ3) is 4.76. The molecule has 2 rings (SSSR count). The topological polar surface area (TPSA) is 82.8 Å². The first-order chi connectivity index (χ1) is 11.5. The fourth-order valence-corrected chi connectivity index (χ4v) is 2.67. The summed E-state index contributed by atoms with van der Waals surface area (Å²) >= 11 is 6.04. The molecule has 6 nitrogen and oxygen atoms in total. The zero-order valence-corrected chi connectivity index (χ0v) is 14.0. The van der Waals surface area contributed by atoms with Crippen LogP contribution in [0.25, 0.3) is 0 Å². The van der Waals surface area contributed by atoms with E-state index in [1.807, 2.05) is 24.3 Å². The average Bonchev–Trinajstić information content (AvgIpc) is 2.97. The number of halogens is 1. The minimum Gasteiger partial charge on any atom is -0.452 e. The second kappa shape index (κ2) is 8.40. The highest BCUT2D eigenvalue weighted by atomic mass is 35.5. The Kier molecular flexibility index (Phi) is 6.26. The lowest BCUT2D eigenvalue weighted by Gasteiger charge is -2.22. The maximum atomic E-state index is 12.7. The molecule has 0 saturated carbocycles. The maximum absolute atomic E-state index is 12.7. The Morgan fingerprint density at radius 3 is 2.54 bits per heavy atom. The smallest absolute Gasteiger partial charge is 0.303 e. The van der Waals surface area contributed by atoms with Crippen molar-refractivity contribution in [3.05, 3.63) is 46.6 Å². The highest BCUT2D eigenvalue weighted by Crippen LogP contribution is 2.25. The number of aliphatic imine (C=N–C) groups is 1. The van der Waals surface area contributed by atoms with Gasteiger partial charge in [-0.3, -0.25) is 14.6 Å². The standard InChI is InChI=1S/C17H18ClN3O3/c1-12(22)24-16(8-15(18)9-20-7-6-19)17(23)21-10-13-4-2-3-5-14(13)11-21/h2-7,9,16,19H,8,10-11H2,1H3/b15-9+,19-6?,20-7?/t16-/m1/s1. The van der Waals surface area contributed by atoms with Crippen LogP contribution in [0, 0.1) is 5.41 Å². The van der Waals surface area contributed by atoms with Gasteiger partial charge in [0.15, 0.2) is 6.10 Å². The van der Waals surface area contributed by atoms with Crippen molar-refractivity contribution in [3.8, 4) is 0 Å². The van der Waals surface area contributed by atoms with Gasteiger partial charge in [0, 0.05) is 50.1 Å². The van der Waals surface area contributed by atoms with Gasteiger partial charge in [0.25, 0.3) is 5.91 Å². The van der Waals surface area contributed by atoms with Gasteiger partial charge in [-0.2, -0.15) is 0 Å². The highest BCUT2D eigenvalue weighted by molar-refractivity contribution is 6.29. The van der Waals surface area contributed by atoms with E-state index in [4.69, 9.17) is 21.7 Å². The molecule has 7 heteroatoms. The number of rotatable bonds is 6. The summed E-state index contributed by atoms with van der Waals surface area (Å²) in [5.74, 6) is -0.832. The van der Waals surface area contributed by atoms with Gasteiger partial charge >= 0.3 is 5.97 Å². The summed E-state index contributed by atoms with van der Waals surface area (Å²) in [6, 6.07) is 7.80. The minimum atomic E-state index is -0.990. The van der Waals surface area contributed by atoms with Gasteiger partial charge < -0.3 is 15.0 Å². The SMILES string of the molecule is CC(=O)O[C@H](C/C(Cl)=C\N=CC=N)C(=O)N1Cc2ccccc2C1. The van der Waals surface area contributed by atoms with Crippen molar-refractivity contribution in [2.45, 2.75) is 32.5 Å². The number of fused-ring (bicyclic) bond motifs is 1. The predicted molar refractivity (Wildman–Crippen MR) is 92.1 cm³/mol. The first-order valence-electron chi connectivity index (χ1n) is 7.41. The second-order valence-electron chi connectivity index (χ2n) is 5.31. The van der Waals surface area contributed by atoms with Crippen LogP contribution in [-0.2, 0) is 27.4 Å². The molecule has 0 fully saturated rings. The molecule has 0 saturated heterocycles. The molecule has 126 valence electrons. The molecular formula is C17H18ClN3O3. The number of ether oxygens (including phenoxy) is 1. The van der Waals surface area contributed by atoms with Crippen LogP contribution in [-0.4, -0.2) is 35.3 Å². The number of nitrogens with zero attached hydrogens (tertiary/aromatic N) is 2. The van der Waals surface area contributed by atoms with Gasteiger partial charge in [0.05, 0.1) is 0 Å². The first-order valence-corrected chi connectivity index (χ1v) is 7.78. The van der Waals surface area contributed by atoms with Crippen LogP contribution in [0.4, 0.5) is 0 Å². The number of hydrogen-bond donors (Lipinski definition) is 1. The summed E-state index contributed by atoms with van der Waals surface area (Å²) in [5.41, 5.74) is 2.18. The molecule has 1 aliphatic rings. The van der Waals surface area contributed by atoms with Crippen molar-refractivity contribution in [1.82, 2.24) is 4.90 Å². The predicted octanol–water partition coefficient (Wildman–Crippen LogP) is 2.65. The molecule has 1 aromatic carbocycles. The first kappa shape index (κ1) is 17.9. The Labute approximate surface area is 145 Å². The maximum Gasteiger partial charge on any atom is 0.303 e. The fourth-order valence-electron chi connectivity index (χ4n) is 2.47. The largest absolute Gasteiger partial charge is 0.452 e. The monoisotopic (exact) mass is 347 g/mol. The summed E-state index contributed by atoms with van der Waals surface area (Å²) in [6.45, 7) is 2.23. The van der Waals surface area contributed by atoms with Gasteiger partial charge in [-0.05, 0) is 11.1 Å². The lowest BCUT2D eigenvalue weighted by atomic mass is 10.1. The van der Waals surface area contributed by atoms with Gasteiger partial charge in [-0.25, -0.2) is 0 Å². The van der Waals surface area contributed by atoms with Gasteiger partial charge in [0.1, 0.15) is 0 Å². The summed E-state index contributed by atoms with van der Waals surface area (Å²) in [4.78, 5) is 29.4. The number of hydrogen-bond acceptors (Lipinski definition) is 5. The zero-order chi connectivity index (χ0) is 17.5. The van der Waals surface area contributed by atoms with Crippen molar-refractivity contribution in [1.29, 1.82) is 5.41 Å². The molecule has 1 amide bonds. The number of nitrogens with one attached hydrogen (secondary N) is 1. The molecule has 0 aliphatic carbocycles. The van der Waals surface area contributed by atoms with Crippen molar-refractivity contribution in [3.63, 3.8) is 0 Å². The van der Waals surface area contributed by atoms with Gasteiger partial charge in [0.2, 0.25) is 0 Å². The molecule has 1 aliphatic heterocycles. The van der Waals surface area contributed by atoms with E-state index in [0.29, 0.717) is 13.1 Å². The molecule has 1 N–H and O–H groups in total. The number of carbonyl (C=O) groups is 2. The number of carbonyl (C=O) groups excluding carboxylic acids is 2. The zero-order valence-electron chi connectivity index (χ0n) is 13.2. The molecular weight excluding hydrogens is 330 g/mol. The van der Waals surface area contributed by atoms with Crippen LogP contribution in [0.5, 0.6) is 0 Å². The summed E-state index contributed by atoms with van der Waals surface area (Å²) in [5, 5.41) is 7.12. The van der Waals surface area contributed by atoms with Crippen LogP contribution in [0.15, 0.2) is 40.5 Å². The van der Waals surface area contributed by atoms with Crippen molar-refractivity contribution in [2.24, 2.45) is 4.99 Å². The third-order valence-corrected chi connectivity index (χ3v) is 3.74. The average molecular weight is 348 g/mol. The lowest BCUT2D eigenvalue weighted by Crippen LogP contribution is -2.38. The van der Waals surface area contributed by atoms with E-state index in [-0.39, 0.29) is 17.4 Å². The molecule has 0 spiro atoms. The van der Waals surface area contributed by atoms with Crippen LogP contribution < -0.4 is 0 Å². The van der Waals surface area contributed by atoms with Crippen molar-refractivity contribution < 1.29 is 14.3 Å².